The van der Waals surface area contributed by atoms with Gasteiger partial charge in [0, 0.05) is 0 Å². The molecule has 0 saturated carbocycles. The van der Waals surface area contributed by atoms with Crippen molar-refractivity contribution in [1.29, 1.82) is 0 Å². The van der Waals surface area contributed by atoms with Gasteiger partial charge in [-0.25, -0.2) is 0 Å². The Hall–Kier alpha value is 2.42. The molecule has 0 rings (SSSR count). The third-order valence-electron chi connectivity index (χ3n) is 1.71. The van der Waals surface area contributed by atoms with Crippen LogP contribution in [-0.4, -0.2) is 57.4 Å². The van der Waals surface area contributed by atoms with Crippen LogP contribution < -0.4 is 104 Å². The Morgan fingerprint density at radius 1 is 1.05 bits per heavy atom. The maximum atomic E-state index is 10.1. The molecular weight excluding hydrogens is 332 g/mol. The molecule has 10 nitrogen and oxygen atoms in total. The number of rotatable bonds is 7. The van der Waals surface area contributed by atoms with Crippen LogP contribution in [0.1, 0.15) is 0 Å². The summed E-state index contributed by atoms with van der Waals surface area (Å²) in [6.45, 7) is -1.19. The van der Waals surface area contributed by atoms with Gasteiger partial charge in [-0.05, 0) is 0 Å². The van der Waals surface area contributed by atoms with E-state index in [1.807, 2.05) is 0 Å². The fourth-order valence-corrected chi connectivity index (χ4v) is 1.16. The predicted octanol–water partition coefficient (Wildman–Crippen LogP) is -15.0. The van der Waals surface area contributed by atoms with Crippen molar-refractivity contribution in [3.8, 4) is 0 Å². The number of phosphoric acid groups is 1. The molecule has 0 aliphatic carbocycles. The summed E-state index contributed by atoms with van der Waals surface area (Å²) in [4.78, 5) is 30.1. The number of carboxylic acid groups (broad SMARTS) is 1. The number of hydrogen-bond acceptors (Lipinski definition) is 10. The summed E-state index contributed by atoms with van der Waals surface area (Å²) in [5.41, 5.74) is 0. The van der Waals surface area contributed by atoms with E-state index in [9.17, 15) is 24.3 Å². The number of carboxylic acids is 1. The van der Waals surface area contributed by atoms with Crippen LogP contribution in [-0.2, 0) is 13.9 Å². The molecule has 0 spiro atoms. The van der Waals surface area contributed by atoms with E-state index in [1.54, 1.807) is 0 Å². The van der Waals surface area contributed by atoms with E-state index in [0.717, 1.165) is 0 Å². The van der Waals surface area contributed by atoms with Gasteiger partial charge in [0.2, 0.25) is 0 Å². The zero-order valence-corrected chi connectivity index (χ0v) is 18.1. The molecule has 102 valence electrons. The molecule has 0 aromatic carbocycles. The van der Waals surface area contributed by atoms with Gasteiger partial charge in [0.15, 0.2) is 0 Å². The van der Waals surface area contributed by atoms with Crippen molar-refractivity contribution in [1.82, 2.24) is 0 Å². The molecule has 0 aliphatic heterocycles. The molecule has 14 heteroatoms. The fraction of sp³-hybridized carbons (Fsp3) is 0.833. The van der Waals surface area contributed by atoms with Crippen molar-refractivity contribution >= 4 is 13.8 Å². The minimum absolute atomic E-state index is 0. The Morgan fingerprint density at radius 3 is 1.75 bits per heavy atom. The first-order chi connectivity index (χ1) is 7.56. The zero-order chi connectivity index (χ0) is 13.8. The minimum Gasteiger partial charge on any atom is -0.790 e. The van der Waals surface area contributed by atoms with Crippen molar-refractivity contribution in [2.45, 2.75) is 24.4 Å². The first kappa shape index (κ1) is 30.3. The van der Waals surface area contributed by atoms with Crippen molar-refractivity contribution in [2.24, 2.45) is 0 Å². The average molecular weight is 342 g/mol. The number of carbonyl (C=O) groups excluding carboxylic acids is 1. The third-order valence-corrected chi connectivity index (χ3v) is 2.18. The number of phosphoric ester groups is 1. The summed E-state index contributed by atoms with van der Waals surface area (Å²) in [7, 11) is -5.38. The molecule has 0 heterocycles. The van der Waals surface area contributed by atoms with Gasteiger partial charge in [-0.15, -0.1) is 0 Å². The van der Waals surface area contributed by atoms with Crippen LogP contribution in [0.25, 0.3) is 0 Å². The van der Waals surface area contributed by atoms with Crippen LogP contribution in [0.2, 0.25) is 0 Å². The summed E-state index contributed by atoms with van der Waals surface area (Å²) in [5, 5.41) is 45.9. The quantitative estimate of drug-likeness (QED) is 0.255. The van der Waals surface area contributed by atoms with Crippen LogP contribution in [0.5, 0.6) is 0 Å². The van der Waals surface area contributed by atoms with Gasteiger partial charge in [0.25, 0.3) is 0 Å². The number of hydrogen-bond donors (Lipinski definition) is 4. The van der Waals surface area contributed by atoms with E-state index in [2.05, 4.69) is 4.52 Å². The van der Waals surface area contributed by atoms with Gasteiger partial charge in [-0.1, -0.05) is 0 Å². The summed E-state index contributed by atoms with van der Waals surface area (Å²) < 4.78 is 13.6. The van der Waals surface area contributed by atoms with Gasteiger partial charge in [0.1, 0.15) is 24.4 Å². The molecule has 0 aromatic rings. The molecule has 4 atom stereocenters. The molecule has 0 amide bonds. The summed E-state index contributed by atoms with van der Waals surface area (Å²) >= 11 is 0. The Labute approximate surface area is 180 Å². The van der Waals surface area contributed by atoms with E-state index < -0.39 is 44.8 Å². The number of aliphatic carboxylic acids is 1. The standard InChI is InChI=1S/C6H13O10P.3Na/c7-2(1-16-17(13,14)15)3(8)4(9)5(10)6(11)12;;;/h2-5,7-10H,1H2,(H,11,12)(H2,13,14,15);;;/q;3*+1/p-3/t2-,3+,4+,5+;;;/m0.../s1. The molecule has 0 bridgehead atoms. The molecule has 4 N–H and O–H groups in total. The SMILES string of the molecule is O=C([O-])[C@H](O)[C@H](O)[C@H](O)[C@@H](O)COP(=O)([O-])[O-].[Na+].[Na+].[Na+]. The molecule has 0 fully saturated rings. The Kier molecular flexibility index (Phi) is 21.0. The van der Waals surface area contributed by atoms with Gasteiger partial charge >= 0.3 is 88.7 Å². The van der Waals surface area contributed by atoms with Gasteiger partial charge in [0.05, 0.1) is 20.4 Å². The molecule has 0 aliphatic rings. The Morgan fingerprint density at radius 2 is 1.45 bits per heavy atom. The third kappa shape index (κ3) is 12.9. The molecule has 0 unspecified atom stereocenters. The van der Waals surface area contributed by atoms with Crippen LogP contribution in [0.15, 0.2) is 0 Å². The first-order valence-electron chi connectivity index (χ1n) is 4.16. The molecule has 20 heavy (non-hydrogen) atoms. The fourth-order valence-electron chi connectivity index (χ4n) is 0.820. The van der Waals surface area contributed by atoms with Crippen molar-refractivity contribution < 1.29 is 138 Å². The van der Waals surface area contributed by atoms with Crippen molar-refractivity contribution in [2.75, 3.05) is 6.61 Å². The Bertz CT molecular complexity index is 311. The van der Waals surface area contributed by atoms with E-state index in [4.69, 9.17) is 20.4 Å². The van der Waals surface area contributed by atoms with E-state index in [-0.39, 0.29) is 88.7 Å². The number of aliphatic hydroxyl groups excluding tert-OH is 4. The molecule has 0 saturated heterocycles. The second-order valence-corrected chi connectivity index (χ2v) is 4.21. The summed E-state index contributed by atoms with van der Waals surface area (Å²) in [6.07, 6.45) is -9.16. The number of aliphatic hydroxyl groups is 4. The maximum Gasteiger partial charge on any atom is 1.00 e. The summed E-state index contributed by atoms with van der Waals surface area (Å²) in [5.74, 6) is -2.11. The van der Waals surface area contributed by atoms with Crippen LogP contribution in [0.3, 0.4) is 0 Å². The van der Waals surface area contributed by atoms with Crippen molar-refractivity contribution in [3.05, 3.63) is 0 Å². The number of carbonyl (C=O) groups is 1. The normalized spacial score (nSPS) is 16.5. The van der Waals surface area contributed by atoms with Gasteiger partial charge < -0.3 is 49.2 Å². The topological polar surface area (TPSA) is 193 Å². The molecule has 0 aromatic heterocycles. The molecule has 0 radical (unpaired) electrons. The minimum atomic E-state index is -5.38. The van der Waals surface area contributed by atoms with E-state index in [1.165, 1.54) is 0 Å². The molecular formula is C6H10Na3O10P. The first-order valence-corrected chi connectivity index (χ1v) is 5.62. The zero-order valence-electron chi connectivity index (χ0n) is 11.2. The maximum absolute atomic E-state index is 10.1. The van der Waals surface area contributed by atoms with E-state index in [0.29, 0.717) is 0 Å². The van der Waals surface area contributed by atoms with Crippen molar-refractivity contribution in [3.63, 3.8) is 0 Å². The van der Waals surface area contributed by atoms with Crippen LogP contribution >= 0.6 is 7.82 Å². The van der Waals surface area contributed by atoms with E-state index >= 15 is 0 Å². The Balaban J connectivity index is -0.000000427. The summed E-state index contributed by atoms with van der Waals surface area (Å²) in [6, 6.07) is 0. The largest absolute Gasteiger partial charge is 1.00 e. The second kappa shape index (κ2) is 13.8. The predicted molar refractivity (Wildman–Crippen MR) is 42.6 cm³/mol. The smallest absolute Gasteiger partial charge is 0.790 e. The van der Waals surface area contributed by atoms with Gasteiger partial charge in [-0.3, -0.25) is 0 Å². The second-order valence-electron chi connectivity index (χ2n) is 3.06. The average Bonchev–Trinajstić information content (AvgIpc) is 2.21. The van der Waals surface area contributed by atoms with Gasteiger partial charge in [-0.2, -0.15) is 0 Å². The monoisotopic (exact) mass is 342 g/mol. The van der Waals surface area contributed by atoms with Crippen LogP contribution in [0, 0.1) is 0 Å². The van der Waals surface area contributed by atoms with Crippen LogP contribution in [0.4, 0.5) is 0 Å².